The minimum atomic E-state index is -0.297. The molecule has 1 aliphatic rings. The standard InChI is InChI=1S/C21H18ClFN2O3/c22-15-3-7-17(8-4-15)27-12-10-20(26)25-11-9-18-19(13-25)24-28-21(18)14-1-5-16(23)6-2-14/h1-8H,9-13H2. The Bertz CT molecular complexity index is 970. The van der Waals surface area contributed by atoms with Crippen LogP contribution in [0.2, 0.25) is 5.02 Å². The van der Waals surface area contributed by atoms with Gasteiger partial charge in [-0.3, -0.25) is 4.79 Å². The van der Waals surface area contributed by atoms with Crippen molar-refractivity contribution in [2.45, 2.75) is 19.4 Å². The molecule has 1 amide bonds. The first-order chi connectivity index (χ1) is 13.6. The molecule has 3 aromatic rings. The first kappa shape index (κ1) is 18.5. The number of halogens is 2. The molecule has 144 valence electrons. The van der Waals surface area contributed by atoms with Gasteiger partial charge in [0.2, 0.25) is 5.91 Å². The Balaban J connectivity index is 1.35. The SMILES string of the molecule is O=C(CCOc1ccc(Cl)cc1)N1CCc2c(noc2-c2ccc(F)cc2)C1. The van der Waals surface area contributed by atoms with Crippen molar-refractivity contribution in [2.75, 3.05) is 13.2 Å². The number of amides is 1. The molecule has 1 aliphatic heterocycles. The average molecular weight is 401 g/mol. The maximum Gasteiger partial charge on any atom is 0.226 e. The van der Waals surface area contributed by atoms with Gasteiger partial charge in [0, 0.05) is 22.7 Å². The number of fused-ring (bicyclic) bond motifs is 1. The molecule has 0 N–H and O–H groups in total. The van der Waals surface area contributed by atoms with Gasteiger partial charge in [-0.2, -0.15) is 0 Å². The Hall–Kier alpha value is -2.86. The van der Waals surface area contributed by atoms with Crippen molar-refractivity contribution >= 4 is 17.5 Å². The van der Waals surface area contributed by atoms with E-state index >= 15 is 0 Å². The summed E-state index contributed by atoms with van der Waals surface area (Å²) < 4.78 is 24.2. The van der Waals surface area contributed by atoms with Crippen LogP contribution in [0.5, 0.6) is 5.75 Å². The highest BCUT2D eigenvalue weighted by Gasteiger charge is 2.27. The minimum absolute atomic E-state index is 0.00551. The topological polar surface area (TPSA) is 55.6 Å². The molecule has 2 heterocycles. The monoisotopic (exact) mass is 400 g/mol. The maximum atomic E-state index is 13.1. The van der Waals surface area contributed by atoms with Crippen molar-refractivity contribution < 1.29 is 18.4 Å². The van der Waals surface area contributed by atoms with Crippen LogP contribution in [0.25, 0.3) is 11.3 Å². The number of carbonyl (C=O) groups excluding carboxylic acids is 1. The van der Waals surface area contributed by atoms with E-state index in [1.165, 1.54) is 12.1 Å². The van der Waals surface area contributed by atoms with Crippen LogP contribution in [0.4, 0.5) is 4.39 Å². The van der Waals surface area contributed by atoms with E-state index in [9.17, 15) is 9.18 Å². The van der Waals surface area contributed by atoms with E-state index in [2.05, 4.69) is 5.16 Å². The molecule has 0 radical (unpaired) electrons. The van der Waals surface area contributed by atoms with Gasteiger partial charge in [0.25, 0.3) is 0 Å². The second-order valence-corrected chi connectivity index (χ2v) is 7.00. The lowest BCUT2D eigenvalue weighted by atomic mass is 10.0. The van der Waals surface area contributed by atoms with Gasteiger partial charge in [0.05, 0.1) is 19.6 Å². The summed E-state index contributed by atoms with van der Waals surface area (Å²) in [6.45, 7) is 1.28. The molecule has 0 fully saturated rings. The van der Waals surface area contributed by atoms with E-state index in [1.54, 1.807) is 41.3 Å². The zero-order valence-electron chi connectivity index (χ0n) is 15.0. The lowest BCUT2D eigenvalue weighted by Gasteiger charge is -2.26. The molecule has 7 heteroatoms. The Labute approximate surface area is 166 Å². The Morgan fingerprint density at radius 3 is 2.68 bits per heavy atom. The third kappa shape index (κ3) is 4.02. The summed E-state index contributed by atoms with van der Waals surface area (Å²) in [5.74, 6) is 1.03. The largest absolute Gasteiger partial charge is 0.493 e. The van der Waals surface area contributed by atoms with Crippen LogP contribution < -0.4 is 4.74 Å². The van der Waals surface area contributed by atoms with E-state index in [-0.39, 0.29) is 18.1 Å². The molecule has 0 saturated carbocycles. The normalized spacial score (nSPS) is 13.3. The number of carbonyl (C=O) groups is 1. The highest BCUT2D eigenvalue weighted by Crippen LogP contribution is 2.30. The molecule has 1 aromatic heterocycles. The summed E-state index contributed by atoms with van der Waals surface area (Å²) in [4.78, 5) is 14.2. The van der Waals surface area contributed by atoms with Crippen LogP contribution in [0.1, 0.15) is 17.7 Å². The molecule has 2 aromatic carbocycles. The fourth-order valence-electron chi connectivity index (χ4n) is 3.22. The molecule has 0 atom stereocenters. The van der Waals surface area contributed by atoms with E-state index < -0.39 is 0 Å². The quantitative estimate of drug-likeness (QED) is 0.633. The molecule has 5 nitrogen and oxygen atoms in total. The van der Waals surface area contributed by atoms with Gasteiger partial charge in [-0.25, -0.2) is 4.39 Å². The number of aromatic nitrogens is 1. The highest BCUT2D eigenvalue weighted by molar-refractivity contribution is 6.30. The zero-order valence-corrected chi connectivity index (χ0v) is 15.8. The fraction of sp³-hybridized carbons (Fsp3) is 0.238. The molecule has 0 unspecified atom stereocenters. The number of nitrogens with zero attached hydrogens (tertiary/aromatic N) is 2. The molecular weight excluding hydrogens is 383 g/mol. The van der Waals surface area contributed by atoms with Crippen LogP contribution in [0, 0.1) is 5.82 Å². The molecular formula is C21H18ClFN2O3. The van der Waals surface area contributed by atoms with Crippen molar-refractivity contribution in [2.24, 2.45) is 0 Å². The predicted molar refractivity (Wildman–Crippen MR) is 103 cm³/mol. The molecule has 28 heavy (non-hydrogen) atoms. The second-order valence-electron chi connectivity index (χ2n) is 6.56. The summed E-state index contributed by atoms with van der Waals surface area (Å²) in [6, 6.07) is 13.2. The number of rotatable bonds is 5. The van der Waals surface area contributed by atoms with Crippen molar-refractivity contribution in [1.82, 2.24) is 10.1 Å². The van der Waals surface area contributed by atoms with Gasteiger partial charge in [0.15, 0.2) is 5.76 Å². The van der Waals surface area contributed by atoms with Crippen LogP contribution in [0.15, 0.2) is 53.1 Å². The van der Waals surface area contributed by atoms with Crippen LogP contribution in [-0.2, 0) is 17.8 Å². The maximum absolute atomic E-state index is 13.1. The average Bonchev–Trinajstić information content (AvgIpc) is 3.13. The van der Waals surface area contributed by atoms with Gasteiger partial charge in [-0.05, 0) is 55.0 Å². The van der Waals surface area contributed by atoms with E-state index in [1.807, 2.05) is 0 Å². The van der Waals surface area contributed by atoms with Gasteiger partial charge >= 0.3 is 0 Å². The molecule has 0 spiro atoms. The summed E-state index contributed by atoms with van der Waals surface area (Å²) in [7, 11) is 0. The lowest BCUT2D eigenvalue weighted by molar-refractivity contribution is -0.132. The van der Waals surface area contributed by atoms with Crippen molar-refractivity contribution in [3.05, 3.63) is 70.6 Å². The first-order valence-electron chi connectivity index (χ1n) is 8.99. The Morgan fingerprint density at radius 2 is 1.93 bits per heavy atom. The third-order valence-corrected chi connectivity index (χ3v) is 4.95. The predicted octanol–water partition coefficient (Wildman–Crippen LogP) is 4.49. The molecule has 0 saturated heterocycles. The van der Waals surface area contributed by atoms with Gasteiger partial charge in [0.1, 0.15) is 17.3 Å². The van der Waals surface area contributed by atoms with Crippen LogP contribution >= 0.6 is 11.6 Å². The molecule has 0 aliphatic carbocycles. The van der Waals surface area contributed by atoms with Gasteiger partial charge in [-0.1, -0.05) is 16.8 Å². The van der Waals surface area contributed by atoms with Gasteiger partial charge in [-0.15, -0.1) is 0 Å². The van der Waals surface area contributed by atoms with Crippen molar-refractivity contribution in [3.8, 4) is 17.1 Å². The molecule has 0 bridgehead atoms. The second kappa shape index (κ2) is 8.02. The number of benzene rings is 2. The minimum Gasteiger partial charge on any atom is -0.493 e. The summed E-state index contributed by atoms with van der Waals surface area (Å²) in [6.07, 6.45) is 0.927. The Morgan fingerprint density at radius 1 is 1.18 bits per heavy atom. The summed E-state index contributed by atoms with van der Waals surface area (Å²) in [5, 5.41) is 4.76. The Kier molecular flexibility index (Phi) is 5.30. The van der Waals surface area contributed by atoms with E-state index in [0.29, 0.717) is 42.6 Å². The molecule has 4 rings (SSSR count). The van der Waals surface area contributed by atoms with Crippen molar-refractivity contribution in [3.63, 3.8) is 0 Å². The summed E-state index contributed by atoms with van der Waals surface area (Å²) >= 11 is 5.84. The number of ether oxygens (including phenoxy) is 1. The summed E-state index contributed by atoms with van der Waals surface area (Å²) in [5.41, 5.74) is 2.51. The first-order valence-corrected chi connectivity index (χ1v) is 9.37. The van der Waals surface area contributed by atoms with E-state index in [4.69, 9.17) is 20.9 Å². The van der Waals surface area contributed by atoms with E-state index in [0.717, 1.165) is 16.8 Å². The lowest BCUT2D eigenvalue weighted by Crippen LogP contribution is -2.36. The van der Waals surface area contributed by atoms with Crippen LogP contribution in [-0.4, -0.2) is 29.1 Å². The van der Waals surface area contributed by atoms with Crippen LogP contribution in [0.3, 0.4) is 0 Å². The number of hydrogen-bond acceptors (Lipinski definition) is 4. The van der Waals surface area contributed by atoms with Crippen molar-refractivity contribution in [1.29, 1.82) is 0 Å². The third-order valence-electron chi connectivity index (χ3n) is 4.70. The number of hydrogen-bond donors (Lipinski definition) is 0. The zero-order chi connectivity index (χ0) is 19.5. The highest BCUT2D eigenvalue weighted by atomic mass is 35.5. The smallest absolute Gasteiger partial charge is 0.226 e. The van der Waals surface area contributed by atoms with Gasteiger partial charge < -0.3 is 14.2 Å². The fourth-order valence-corrected chi connectivity index (χ4v) is 3.34.